The van der Waals surface area contributed by atoms with Crippen LogP contribution in [0.3, 0.4) is 0 Å². The molecule has 4 aromatic rings. The van der Waals surface area contributed by atoms with Gasteiger partial charge < -0.3 is 19.8 Å². The van der Waals surface area contributed by atoms with Crippen LogP contribution in [0.1, 0.15) is 47.0 Å². The third-order valence-electron chi connectivity index (χ3n) is 7.98. The molecule has 44 heavy (non-hydrogen) atoms. The Morgan fingerprint density at radius 1 is 1.14 bits per heavy atom. The molecule has 230 valence electrons. The van der Waals surface area contributed by atoms with Crippen LogP contribution in [-0.2, 0) is 9.57 Å². The molecule has 3 N–H and O–H groups in total. The number of fused-ring (bicyclic) bond motifs is 1. The van der Waals surface area contributed by atoms with Gasteiger partial charge in [0, 0.05) is 48.6 Å². The Hall–Kier alpha value is -4.08. The Kier molecular flexibility index (Phi) is 10.1. The molecular formula is C32H32ClF2N5O4. The Labute approximate surface area is 259 Å². The lowest BCUT2D eigenvalue weighted by atomic mass is 9.90. The van der Waals surface area contributed by atoms with E-state index in [9.17, 15) is 10.1 Å². The number of nitrogens with zero attached hydrogens (tertiary/aromatic N) is 2. The van der Waals surface area contributed by atoms with Gasteiger partial charge in [-0.25, -0.2) is 14.3 Å². The number of amides is 1. The van der Waals surface area contributed by atoms with E-state index in [1.165, 1.54) is 6.07 Å². The Bertz CT molecular complexity index is 1640. The molecule has 2 aromatic heterocycles. The molecule has 4 heterocycles. The molecule has 0 aliphatic carbocycles. The Morgan fingerprint density at radius 2 is 1.93 bits per heavy atom. The van der Waals surface area contributed by atoms with Crippen molar-refractivity contribution in [3.63, 3.8) is 0 Å². The summed E-state index contributed by atoms with van der Waals surface area (Å²) in [6.07, 6.45) is 2.16. The van der Waals surface area contributed by atoms with Gasteiger partial charge in [0.1, 0.15) is 29.3 Å². The minimum atomic E-state index is -1.37. The average Bonchev–Trinajstić information content (AvgIpc) is 3.48. The van der Waals surface area contributed by atoms with Gasteiger partial charge in [0.25, 0.3) is 5.91 Å². The number of ether oxygens (including phenoxy) is 1. The minimum absolute atomic E-state index is 0. The summed E-state index contributed by atoms with van der Waals surface area (Å²) < 4.78 is 42.7. The fourth-order valence-corrected chi connectivity index (χ4v) is 5.64. The highest BCUT2D eigenvalue weighted by Gasteiger charge is 2.37. The lowest BCUT2D eigenvalue weighted by Crippen LogP contribution is -2.43. The molecule has 2 fully saturated rings. The number of anilines is 1. The van der Waals surface area contributed by atoms with Crippen LogP contribution in [0.4, 0.5) is 14.5 Å². The van der Waals surface area contributed by atoms with E-state index in [1.54, 1.807) is 54.7 Å². The summed E-state index contributed by atoms with van der Waals surface area (Å²) >= 11 is 0. The number of alkyl halides is 1. The van der Waals surface area contributed by atoms with Gasteiger partial charge in [-0.05, 0) is 61.7 Å². The molecule has 0 bridgehead atoms. The largest absolute Gasteiger partial charge is 0.457 e. The van der Waals surface area contributed by atoms with Gasteiger partial charge >= 0.3 is 0 Å². The highest BCUT2D eigenvalue weighted by molar-refractivity contribution is 5.93. The van der Waals surface area contributed by atoms with E-state index in [0.29, 0.717) is 59.7 Å². The number of nitrogens with one attached hydrogen (secondary N) is 3. The Morgan fingerprint density at radius 3 is 2.70 bits per heavy atom. The number of aromatic nitrogens is 1. The van der Waals surface area contributed by atoms with Gasteiger partial charge in [0.2, 0.25) is 0 Å². The molecular weight excluding hydrogens is 592 g/mol. The molecule has 9 nitrogen and oxygen atoms in total. The highest BCUT2D eigenvalue weighted by atomic mass is 35.5. The van der Waals surface area contributed by atoms with Crippen LogP contribution in [-0.4, -0.2) is 49.5 Å². The smallest absolute Gasteiger partial charge is 0.274 e. The van der Waals surface area contributed by atoms with Gasteiger partial charge in [-0.15, -0.1) is 12.4 Å². The van der Waals surface area contributed by atoms with Crippen molar-refractivity contribution in [3.05, 3.63) is 83.5 Å². The van der Waals surface area contributed by atoms with E-state index < -0.39 is 29.9 Å². The summed E-state index contributed by atoms with van der Waals surface area (Å²) in [5.41, 5.74) is 5.03. The minimum Gasteiger partial charge on any atom is -0.457 e. The topological polar surface area (TPSA) is 121 Å². The van der Waals surface area contributed by atoms with E-state index in [2.05, 4.69) is 27.2 Å². The first-order chi connectivity index (χ1) is 21.0. The zero-order chi connectivity index (χ0) is 29.8. The highest BCUT2D eigenvalue weighted by Crippen LogP contribution is 2.38. The van der Waals surface area contributed by atoms with Crippen molar-refractivity contribution < 1.29 is 27.6 Å². The molecule has 0 spiro atoms. The number of hydroxylamine groups is 1. The van der Waals surface area contributed by atoms with Gasteiger partial charge in [-0.1, -0.05) is 18.2 Å². The van der Waals surface area contributed by atoms with Crippen LogP contribution >= 0.6 is 12.4 Å². The number of pyridine rings is 1. The molecule has 0 radical (unpaired) electrons. The number of piperidine rings is 1. The molecule has 3 unspecified atom stereocenters. The second-order valence-corrected chi connectivity index (χ2v) is 10.8. The quantitative estimate of drug-likeness (QED) is 0.209. The SMILES string of the molecule is Cl.N#Cc1cc(-c2ccnc3cc(C4NCCC(CONC(=O)c5ccccc5)C4F)oc23)cc(F)c1NC1CCOCC1. The number of nitriles is 1. The van der Waals surface area contributed by atoms with Crippen LogP contribution in [0.5, 0.6) is 0 Å². The van der Waals surface area contributed by atoms with Crippen LogP contribution < -0.4 is 16.1 Å². The Balaban J connectivity index is 0.00000384. The molecule has 0 saturated carbocycles. The van der Waals surface area contributed by atoms with Crippen molar-refractivity contribution in [2.24, 2.45) is 5.92 Å². The molecule has 6 rings (SSSR count). The fraction of sp³-hybridized carbons (Fsp3) is 0.344. The summed E-state index contributed by atoms with van der Waals surface area (Å²) in [5.74, 6) is -1.09. The molecule has 3 atom stereocenters. The van der Waals surface area contributed by atoms with Crippen LogP contribution in [0.2, 0.25) is 0 Å². The summed E-state index contributed by atoms with van der Waals surface area (Å²) in [5, 5.41) is 16.2. The van der Waals surface area contributed by atoms with Crippen LogP contribution in [0.25, 0.3) is 22.2 Å². The molecule has 1 amide bonds. The van der Waals surface area contributed by atoms with Gasteiger partial charge in [0.05, 0.1) is 23.9 Å². The zero-order valence-electron chi connectivity index (χ0n) is 23.7. The monoisotopic (exact) mass is 623 g/mol. The number of furan rings is 1. The predicted molar refractivity (Wildman–Crippen MR) is 162 cm³/mol. The maximum Gasteiger partial charge on any atom is 0.274 e. The van der Waals surface area contributed by atoms with Crippen molar-refractivity contribution in [1.29, 1.82) is 5.26 Å². The van der Waals surface area contributed by atoms with Crippen molar-refractivity contribution in [2.45, 2.75) is 37.5 Å². The van der Waals surface area contributed by atoms with Gasteiger partial charge in [-0.2, -0.15) is 5.26 Å². The standard InChI is InChI=1S/C32H31F2N5O4.ClH/c33-25-15-21(14-22(17-35)29(25)38-23-8-12-41-13-9-23)24-7-11-36-26-16-27(43-31(24)26)30-28(34)20(6-10-37-30)18-42-39-32(40)19-4-2-1-3-5-19;/h1-5,7,11,14-16,20,23,28,30,37-38H,6,8-10,12-13,18H2,(H,39,40);1H. The van der Waals surface area contributed by atoms with Gasteiger partial charge in [0.15, 0.2) is 5.58 Å². The molecule has 2 aliphatic heterocycles. The number of rotatable bonds is 8. The summed E-state index contributed by atoms with van der Waals surface area (Å²) in [4.78, 5) is 22.0. The van der Waals surface area contributed by atoms with Crippen LogP contribution in [0, 0.1) is 23.1 Å². The number of carbonyl (C=O) groups is 1. The van der Waals surface area contributed by atoms with E-state index in [1.807, 2.05) is 0 Å². The number of carbonyl (C=O) groups excluding carboxylic acids is 1. The van der Waals surface area contributed by atoms with Crippen molar-refractivity contribution in [2.75, 3.05) is 31.7 Å². The van der Waals surface area contributed by atoms with Crippen molar-refractivity contribution in [1.82, 2.24) is 15.8 Å². The molecule has 2 aliphatic rings. The van der Waals surface area contributed by atoms with Crippen molar-refractivity contribution in [3.8, 4) is 17.2 Å². The second-order valence-electron chi connectivity index (χ2n) is 10.8. The summed E-state index contributed by atoms with van der Waals surface area (Å²) in [6.45, 7) is 1.68. The first-order valence-corrected chi connectivity index (χ1v) is 14.3. The predicted octanol–water partition coefficient (Wildman–Crippen LogP) is 5.87. The number of benzene rings is 2. The zero-order valence-corrected chi connectivity index (χ0v) is 24.5. The van der Waals surface area contributed by atoms with Gasteiger partial charge in [-0.3, -0.25) is 14.6 Å². The lowest BCUT2D eigenvalue weighted by Gasteiger charge is -2.32. The molecule has 2 saturated heterocycles. The molecule has 2 aromatic carbocycles. The number of hydrogen-bond acceptors (Lipinski definition) is 8. The third kappa shape index (κ3) is 6.69. The number of hydrogen-bond donors (Lipinski definition) is 3. The summed E-state index contributed by atoms with van der Waals surface area (Å²) in [7, 11) is 0. The number of halogens is 3. The first kappa shape index (κ1) is 31.3. The van der Waals surface area contributed by atoms with Crippen LogP contribution in [0.15, 0.2) is 65.2 Å². The normalized spacial score (nSPS) is 20.4. The van der Waals surface area contributed by atoms with Crippen molar-refractivity contribution >= 4 is 35.1 Å². The fourth-order valence-electron chi connectivity index (χ4n) is 5.64. The summed E-state index contributed by atoms with van der Waals surface area (Å²) in [6, 6.07) is 16.3. The third-order valence-corrected chi connectivity index (χ3v) is 7.98. The molecule has 12 heteroatoms. The lowest BCUT2D eigenvalue weighted by molar-refractivity contribution is -0.0147. The van der Waals surface area contributed by atoms with E-state index in [4.69, 9.17) is 14.0 Å². The van der Waals surface area contributed by atoms with E-state index in [-0.39, 0.29) is 36.3 Å². The van der Waals surface area contributed by atoms with E-state index in [0.717, 1.165) is 12.8 Å². The average molecular weight is 624 g/mol. The maximum atomic E-state index is 15.8. The first-order valence-electron chi connectivity index (χ1n) is 14.3. The second kappa shape index (κ2) is 14.1. The van der Waals surface area contributed by atoms with E-state index >= 15 is 8.78 Å². The maximum absolute atomic E-state index is 15.8.